The van der Waals surface area contributed by atoms with E-state index in [1.807, 2.05) is 18.0 Å². The van der Waals surface area contributed by atoms with Gasteiger partial charge >= 0.3 is 0 Å². The maximum absolute atomic E-state index is 13.1. The number of aromatic nitrogens is 1. The number of aromatic amines is 1. The van der Waals surface area contributed by atoms with Crippen molar-refractivity contribution in [3.05, 3.63) is 64.3 Å². The van der Waals surface area contributed by atoms with Gasteiger partial charge in [0.15, 0.2) is 0 Å². The van der Waals surface area contributed by atoms with Crippen LogP contribution < -0.4 is 4.90 Å². The third-order valence-corrected chi connectivity index (χ3v) is 6.07. The number of carbonyl (C=O) groups is 1. The second-order valence-electron chi connectivity index (χ2n) is 8.39. The summed E-state index contributed by atoms with van der Waals surface area (Å²) >= 11 is 0. The molecule has 2 aromatic carbocycles. The van der Waals surface area contributed by atoms with Gasteiger partial charge in [-0.2, -0.15) is 0 Å². The Kier molecular flexibility index (Phi) is 5.82. The average molecular weight is 406 g/mol. The van der Waals surface area contributed by atoms with Crippen molar-refractivity contribution in [1.82, 2.24) is 9.88 Å². The molecule has 5 nitrogen and oxygen atoms in total. The smallest absolute Gasteiger partial charge is 0.227 e. The molecule has 1 aliphatic heterocycles. The number of para-hydroxylation sites is 1. The summed E-state index contributed by atoms with van der Waals surface area (Å²) in [6, 6.07) is 12.7. The minimum absolute atomic E-state index is 0.134. The first-order valence-electron chi connectivity index (χ1n) is 10.7. The monoisotopic (exact) mass is 405 g/mol. The van der Waals surface area contributed by atoms with Gasteiger partial charge in [-0.25, -0.2) is 0 Å². The van der Waals surface area contributed by atoms with Crippen LogP contribution in [0.3, 0.4) is 0 Å². The number of likely N-dealkylation sites (N-methyl/N-ethyl adjacent to an activating group) is 1. The molecule has 0 unspecified atom stereocenters. The summed E-state index contributed by atoms with van der Waals surface area (Å²) in [6.07, 6.45) is 0.408. The SMILES string of the molecule is Cc1cc(C)c2[nH]c(C)c(CC(=O)N(C)Cc3ccccc3N3CCOCC3)c2c1. The first-order chi connectivity index (χ1) is 14.4. The zero-order valence-electron chi connectivity index (χ0n) is 18.4. The van der Waals surface area contributed by atoms with Crippen LogP contribution in [-0.2, 0) is 22.5 Å². The lowest BCUT2D eigenvalue weighted by atomic mass is 10.0. The van der Waals surface area contributed by atoms with Crippen LogP contribution >= 0.6 is 0 Å². The van der Waals surface area contributed by atoms with Crippen LogP contribution in [0, 0.1) is 20.8 Å². The predicted molar refractivity (Wildman–Crippen MR) is 122 cm³/mol. The predicted octanol–water partition coefficient (Wildman–Crippen LogP) is 4.13. The first-order valence-corrected chi connectivity index (χ1v) is 10.7. The quantitative estimate of drug-likeness (QED) is 0.694. The van der Waals surface area contributed by atoms with Gasteiger partial charge < -0.3 is 19.5 Å². The summed E-state index contributed by atoms with van der Waals surface area (Å²) < 4.78 is 5.49. The van der Waals surface area contributed by atoms with Gasteiger partial charge in [-0.3, -0.25) is 4.79 Å². The Labute approximate surface area is 178 Å². The van der Waals surface area contributed by atoms with Crippen LogP contribution in [0.4, 0.5) is 5.69 Å². The molecular formula is C25H31N3O2. The van der Waals surface area contributed by atoms with E-state index in [9.17, 15) is 4.79 Å². The van der Waals surface area contributed by atoms with Gasteiger partial charge in [-0.1, -0.05) is 29.8 Å². The van der Waals surface area contributed by atoms with E-state index < -0.39 is 0 Å². The molecule has 1 aliphatic rings. The number of benzene rings is 2. The molecule has 30 heavy (non-hydrogen) atoms. The van der Waals surface area contributed by atoms with Crippen LogP contribution in [0.25, 0.3) is 10.9 Å². The molecule has 0 atom stereocenters. The van der Waals surface area contributed by atoms with Gasteiger partial charge in [-0.15, -0.1) is 0 Å². The zero-order chi connectivity index (χ0) is 21.3. The van der Waals surface area contributed by atoms with Crippen molar-refractivity contribution in [3.63, 3.8) is 0 Å². The van der Waals surface area contributed by atoms with Gasteiger partial charge in [0, 0.05) is 49.0 Å². The number of nitrogens with one attached hydrogen (secondary N) is 1. The number of aryl methyl sites for hydroxylation is 3. The molecule has 0 saturated carbocycles. The number of H-pyrrole nitrogens is 1. The van der Waals surface area contributed by atoms with E-state index in [0.717, 1.165) is 43.1 Å². The van der Waals surface area contributed by atoms with Gasteiger partial charge in [0.2, 0.25) is 5.91 Å². The van der Waals surface area contributed by atoms with E-state index in [4.69, 9.17) is 4.74 Å². The fraction of sp³-hybridized carbons (Fsp3) is 0.400. The van der Waals surface area contributed by atoms with Crippen LogP contribution in [-0.4, -0.2) is 49.1 Å². The number of amides is 1. The molecule has 0 radical (unpaired) electrons. The lowest BCUT2D eigenvalue weighted by molar-refractivity contribution is -0.129. The number of rotatable bonds is 5. The normalized spacial score (nSPS) is 14.3. The standard InChI is InChI=1S/C25H31N3O2/c1-17-13-18(2)25-22(14-17)21(19(3)26-25)15-24(29)27(4)16-20-7-5-6-8-23(20)28-9-11-30-12-10-28/h5-8,13-14,26H,9-12,15-16H2,1-4H3. The Bertz CT molecular complexity index is 1060. The number of ether oxygens (including phenoxy) is 1. The summed E-state index contributed by atoms with van der Waals surface area (Å²) in [5.41, 5.74) is 8.15. The minimum Gasteiger partial charge on any atom is -0.378 e. The highest BCUT2D eigenvalue weighted by molar-refractivity contribution is 5.92. The summed E-state index contributed by atoms with van der Waals surface area (Å²) in [7, 11) is 1.90. The highest BCUT2D eigenvalue weighted by atomic mass is 16.5. The summed E-state index contributed by atoms with van der Waals surface area (Å²) in [5, 5.41) is 1.17. The first kappa shape index (κ1) is 20.5. The van der Waals surface area contributed by atoms with Gasteiger partial charge in [0.05, 0.1) is 19.6 Å². The molecule has 3 aromatic rings. The number of anilines is 1. The number of morpholine rings is 1. The van der Waals surface area contributed by atoms with E-state index in [1.165, 1.54) is 27.8 Å². The van der Waals surface area contributed by atoms with E-state index in [0.29, 0.717) is 13.0 Å². The fourth-order valence-electron chi connectivity index (χ4n) is 4.45. The maximum Gasteiger partial charge on any atom is 0.227 e. The van der Waals surface area contributed by atoms with Gasteiger partial charge in [0.1, 0.15) is 0 Å². The van der Waals surface area contributed by atoms with E-state index >= 15 is 0 Å². The Hall–Kier alpha value is -2.79. The highest BCUT2D eigenvalue weighted by Gasteiger charge is 2.19. The Morgan fingerprint density at radius 1 is 1.13 bits per heavy atom. The van der Waals surface area contributed by atoms with Crippen molar-refractivity contribution in [2.75, 3.05) is 38.3 Å². The topological polar surface area (TPSA) is 48.6 Å². The third-order valence-electron chi connectivity index (χ3n) is 6.07. The van der Waals surface area contributed by atoms with Crippen LogP contribution in [0.15, 0.2) is 36.4 Å². The van der Waals surface area contributed by atoms with Crippen LogP contribution in [0.1, 0.15) is 27.9 Å². The van der Waals surface area contributed by atoms with Crippen molar-refractivity contribution >= 4 is 22.5 Å². The fourth-order valence-corrected chi connectivity index (χ4v) is 4.45. The minimum atomic E-state index is 0.134. The number of hydrogen-bond donors (Lipinski definition) is 1. The van der Waals surface area contributed by atoms with Crippen molar-refractivity contribution in [2.45, 2.75) is 33.7 Å². The molecule has 5 heteroatoms. The molecule has 0 bridgehead atoms. The highest BCUT2D eigenvalue weighted by Crippen LogP contribution is 2.28. The molecule has 4 rings (SSSR count). The second-order valence-corrected chi connectivity index (χ2v) is 8.39. The summed E-state index contributed by atoms with van der Waals surface area (Å²) in [4.78, 5) is 20.8. The molecule has 0 spiro atoms. The van der Waals surface area contributed by atoms with Gasteiger partial charge in [-0.05, 0) is 49.6 Å². The molecule has 1 saturated heterocycles. The van der Waals surface area contributed by atoms with Crippen LogP contribution in [0.5, 0.6) is 0 Å². The molecule has 158 valence electrons. The van der Waals surface area contributed by atoms with E-state index in [1.54, 1.807) is 0 Å². The van der Waals surface area contributed by atoms with Crippen molar-refractivity contribution < 1.29 is 9.53 Å². The second kappa shape index (κ2) is 8.52. The average Bonchev–Trinajstić information content (AvgIpc) is 3.05. The van der Waals surface area contributed by atoms with E-state index in [-0.39, 0.29) is 5.91 Å². The molecular weight excluding hydrogens is 374 g/mol. The van der Waals surface area contributed by atoms with Crippen molar-refractivity contribution in [1.29, 1.82) is 0 Å². The number of carbonyl (C=O) groups excluding carboxylic acids is 1. The largest absolute Gasteiger partial charge is 0.378 e. The van der Waals surface area contributed by atoms with E-state index in [2.05, 4.69) is 61.0 Å². The maximum atomic E-state index is 13.1. The van der Waals surface area contributed by atoms with Crippen molar-refractivity contribution in [3.8, 4) is 0 Å². The number of hydrogen-bond acceptors (Lipinski definition) is 3. The molecule has 1 amide bonds. The molecule has 2 heterocycles. The molecule has 1 N–H and O–H groups in total. The molecule has 1 aromatic heterocycles. The van der Waals surface area contributed by atoms with Crippen LogP contribution in [0.2, 0.25) is 0 Å². The zero-order valence-corrected chi connectivity index (χ0v) is 18.4. The number of fused-ring (bicyclic) bond motifs is 1. The molecule has 0 aliphatic carbocycles. The van der Waals surface area contributed by atoms with Crippen molar-refractivity contribution in [2.24, 2.45) is 0 Å². The summed E-state index contributed by atoms with van der Waals surface area (Å²) in [6.45, 7) is 10.2. The Balaban J connectivity index is 1.53. The Morgan fingerprint density at radius 2 is 1.87 bits per heavy atom. The Morgan fingerprint density at radius 3 is 2.63 bits per heavy atom. The lowest BCUT2D eigenvalue weighted by Crippen LogP contribution is -2.37. The third kappa shape index (κ3) is 4.08. The summed E-state index contributed by atoms with van der Waals surface area (Å²) in [5.74, 6) is 0.134. The molecule has 1 fully saturated rings. The van der Waals surface area contributed by atoms with Gasteiger partial charge in [0.25, 0.3) is 0 Å². The lowest BCUT2D eigenvalue weighted by Gasteiger charge is -2.31. The number of nitrogens with zero attached hydrogens (tertiary/aromatic N) is 2.